The van der Waals surface area contributed by atoms with E-state index >= 15 is 13.2 Å². The Kier molecular flexibility index (Phi) is 8.68. The minimum Gasteiger partial charge on any atom is -0.456 e. The number of amides is 1. The Morgan fingerprint density at radius 1 is 0.769 bits per heavy atom. The molecule has 2 aliphatic carbocycles. The van der Waals surface area contributed by atoms with Crippen molar-refractivity contribution in [1.29, 1.82) is 0 Å². The molecule has 0 aromatic rings. The highest BCUT2D eigenvalue weighted by Gasteiger charge is 2.77. The van der Waals surface area contributed by atoms with E-state index in [-0.39, 0.29) is 43.1 Å². The van der Waals surface area contributed by atoms with Gasteiger partial charge in [0.15, 0.2) is 17.5 Å². The summed E-state index contributed by atoms with van der Waals surface area (Å²) >= 11 is 0. The molecule has 10 rings (SSSR count). The van der Waals surface area contributed by atoms with E-state index in [0.29, 0.717) is 44.9 Å². The summed E-state index contributed by atoms with van der Waals surface area (Å²) < 4.78 is 118. The maximum Gasteiger partial charge on any atom is 0.449 e. The number of hydrogen-bond donors (Lipinski definition) is 1. The van der Waals surface area contributed by atoms with Crippen molar-refractivity contribution < 1.29 is 74.4 Å². The van der Waals surface area contributed by atoms with Crippen molar-refractivity contribution in [3.63, 3.8) is 0 Å². The second kappa shape index (κ2) is 12.1. The van der Waals surface area contributed by atoms with Gasteiger partial charge in [-0.05, 0) is 76.5 Å². The average Bonchev–Trinajstić information content (AvgIpc) is 3.44. The molecule has 0 aromatic carbocycles. The first-order valence-corrected chi connectivity index (χ1v) is 18.5. The summed E-state index contributed by atoms with van der Waals surface area (Å²) in [5.41, 5.74) is -3.39. The van der Waals surface area contributed by atoms with Crippen molar-refractivity contribution in [3.05, 3.63) is 11.3 Å². The second-order valence-electron chi connectivity index (χ2n) is 16.7. The Hall–Kier alpha value is -1.73. The van der Waals surface area contributed by atoms with Crippen LogP contribution in [0, 0.1) is 41.4 Å². The maximum absolute atomic E-state index is 15.2. The monoisotopic (exact) mass is 755 g/mol. The molecule has 52 heavy (non-hydrogen) atoms. The quantitative estimate of drug-likeness (QED) is 0.178. The first-order chi connectivity index (χ1) is 24.3. The van der Waals surface area contributed by atoms with E-state index in [0.717, 1.165) is 0 Å². The summed E-state index contributed by atoms with van der Waals surface area (Å²) in [5.74, 6) is -11.6. The van der Waals surface area contributed by atoms with Crippen molar-refractivity contribution in [1.82, 2.24) is 5.32 Å². The Labute approximate surface area is 297 Å². The number of allylic oxidation sites excluding steroid dienone is 1. The summed E-state index contributed by atoms with van der Waals surface area (Å²) in [5, 5.41) is 2.48. The van der Waals surface area contributed by atoms with Gasteiger partial charge in [-0.3, -0.25) is 4.79 Å². The Bertz CT molecular complexity index is 1480. The van der Waals surface area contributed by atoms with Crippen molar-refractivity contribution >= 4 is 5.91 Å². The van der Waals surface area contributed by atoms with E-state index in [9.17, 15) is 18.0 Å². The molecule has 1 amide bonds. The van der Waals surface area contributed by atoms with E-state index in [4.69, 9.17) is 43.2 Å². The summed E-state index contributed by atoms with van der Waals surface area (Å²) in [4.78, 5) is 37.0. The fourth-order valence-corrected chi connectivity index (χ4v) is 11.0. The molecule has 4 bridgehead atoms. The lowest BCUT2D eigenvalue weighted by molar-refractivity contribution is -0.598. The van der Waals surface area contributed by atoms with Crippen LogP contribution in [0.4, 0.5) is 26.3 Å². The molecule has 2 saturated carbocycles. The number of carbonyl (C=O) groups is 1. The van der Waals surface area contributed by atoms with Gasteiger partial charge >= 0.3 is 12.4 Å². The molecule has 9 fully saturated rings. The van der Waals surface area contributed by atoms with Gasteiger partial charge < -0.3 is 29.0 Å². The SMILES string of the molecule is C[C@@H]1CC[C@H]2[C@@H](C)[C@](OCCCNC(=O)C3=C(C(F)(F)F)O[C@@H]4O[C@@]5(C)CCC6[C@H](C)CC[C@@H]3[C@]64OO5)(C(F)(F)F)O[C@@H]3OC4(C)CCC1C32OO4. The van der Waals surface area contributed by atoms with Crippen LogP contribution in [0.5, 0.6) is 0 Å². The van der Waals surface area contributed by atoms with Gasteiger partial charge in [-0.15, -0.1) is 0 Å². The summed E-state index contributed by atoms with van der Waals surface area (Å²) in [7, 11) is 0. The highest BCUT2D eigenvalue weighted by atomic mass is 19.4. The third-order valence-electron chi connectivity index (χ3n) is 13.6. The predicted octanol–water partition coefficient (Wildman–Crippen LogP) is 6.71. The third-order valence-corrected chi connectivity index (χ3v) is 13.6. The number of carbonyl (C=O) groups excluding carboxylic acids is 1. The van der Waals surface area contributed by atoms with Crippen molar-refractivity contribution in [2.45, 2.75) is 146 Å². The van der Waals surface area contributed by atoms with Gasteiger partial charge in [-0.1, -0.05) is 20.8 Å². The highest BCUT2D eigenvalue weighted by Crippen LogP contribution is 2.65. The first kappa shape index (κ1) is 37.2. The fraction of sp³-hybridized carbons (Fsp3) is 0.914. The van der Waals surface area contributed by atoms with Crippen LogP contribution in [0.3, 0.4) is 0 Å². The zero-order valence-corrected chi connectivity index (χ0v) is 29.8. The number of nitrogens with one attached hydrogen (secondary N) is 1. The molecule has 0 radical (unpaired) electrons. The van der Waals surface area contributed by atoms with E-state index in [1.807, 2.05) is 13.8 Å². The van der Waals surface area contributed by atoms with Crippen molar-refractivity contribution in [2.75, 3.05) is 13.2 Å². The lowest BCUT2D eigenvalue weighted by Gasteiger charge is -2.62. The number of hydrogen-bond acceptors (Lipinski definition) is 10. The van der Waals surface area contributed by atoms with Crippen molar-refractivity contribution in [3.8, 4) is 0 Å². The number of ether oxygens (including phenoxy) is 5. The minimum atomic E-state index is -5.04. The zero-order valence-electron chi connectivity index (χ0n) is 29.8. The van der Waals surface area contributed by atoms with E-state index < -0.39 is 95.1 Å². The van der Waals surface area contributed by atoms with Crippen LogP contribution in [0.1, 0.15) is 92.4 Å². The first-order valence-electron chi connectivity index (χ1n) is 18.5. The van der Waals surface area contributed by atoms with Crippen molar-refractivity contribution in [2.24, 2.45) is 41.4 Å². The second-order valence-corrected chi connectivity index (χ2v) is 16.7. The average molecular weight is 756 g/mol. The van der Waals surface area contributed by atoms with Gasteiger partial charge in [-0.25, -0.2) is 19.6 Å². The molecule has 7 saturated heterocycles. The molecule has 11 nitrogen and oxygen atoms in total. The zero-order chi connectivity index (χ0) is 37.3. The fourth-order valence-electron chi connectivity index (χ4n) is 11.0. The molecule has 1 N–H and O–H groups in total. The number of alkyl halides is 6. The molecule has 17 heteroatoms. The maximum atomic E-state index is 15.2. The van der Waals surface area contributed by atoms with E-state index in [1.165, 1.54) is 6.92 Å². The molecule has 10 aliphatic rings. The van der Waals surface area contributed by atoms with E-state index in [1.54, 1.807) is 13.8 Å². The molecule has 8 heterocycles. The van der Waals surface area contributed by atoms with Crippen LogP contribution >= 0.6 is 0 Å². The van der Waals surface area contributed by atoms with Crippen LogP contribution in [0.15, 0.2) is 11.3 Å². The highest BCUT2D eigenvalue weighted by molar-refractivity contribution is 5.95. The van der Waals surface area contributed by atoms with Gasteiger partial charge in [-0.2, -0.15) is 26.3 Å². The van der Waals surface area contributed by atoms with Crippen LogP contribution in [0.2, 0.25) is 0 Å². The molecule has 294 valence electrons. The molecule has 2 spiro atoms. The third kappa shape index (κ3) is 5.25. The lowest BCUT2D eigenvalue weighted by Crippen LogP contribution is -2.76. The number of fused-ring (bicyclic) bond motifs is 4. The van der Waals surface area contributed by atoms with Gasteiger partial charge in [0.25, 0.3) is 11.7 Å². The summed E-state index contributed by atoms with van der Waals surface area (Å²) in [6.07, 6.45) is -9.39. The topological polar surface area (TPSA) is 112 Å². The minimum absolute atomic E-state index is 0.0209. The molecule has 8 aliphatic heterocycles. The predicted molar refractivity (Wildman–Crippen MR) is 162 cm³/mol. The smallest absolute Gasteiger partial charge is 0.449 e. The number of rotatable bonds is 6. The van der Waals surface area contributed by atoms with Gasteiger partial charge in [0.05, 0.1) is 12.2 Å². The van der Waals surface area contributed by atoms with Gasteiger partial charge in [0.2, 0.25) is 23.6 Å². The molecule has 4 unspecified atom stereocenters. The van der Waals surface area contributed by atoms with Gasteiger partial charge in [0, 0.05) is 43.1 Å². The molecule has 0 aromatic heterocycles. The number of halogens is 6. The summed E-state index contributed by atoms with van der Waals surface area (Å²) in [6.45, 7) is 7.80. The van der Waals surface area contributed by atoms with Gasteiger partial charge in [0.1, 0.15) is 0 Å². The van der Waals surface area contributed by atoms with Crippen LogP contribution in [-0.2, 0) is 48.0 Å². The normalized spacial score (nSPS) is 49.7. The Balaban J connectivity index is 1.00. The van der Waals surface area contributed by atoms with Crippen LogP contribution in [-0.4, -0.2) is 72.6 Å². The standard InChI is InChI=1S/C35H47F6NO10/c1-17-7-9-22-19(3)33(35(39,40)41,48-28-31(22)20(17)11-14-30(5,47-28)50-51-31)44-16-6-15-42-26(43)24-23-10-8-18(2)21-12-13-29(4)46-27(32(21,23)52-49-29)45-25(24)34(36,37)38/h17-23,27-28H,6-16H2,1-5H3,(H,42,43)/t17-,18-,19-,20?,21?,22+,23+,27-,28+,29-,30?,31?,32-,33-/m1/s1. The largest absolute Gasteiger partial charge is 0.456 e. The molecular formula is C35H47F6NO10. The lowest BCUT2D eigenvalue weighted by atomic mass is 9.57. The Morgan fingerprint density at radius 2 is 1.37 bits per heavy atom. The van der Waals surface area contributed by atoms with E-state index in [2.05, 4.69) is 5.32 Å². The molecule has 14 atom stereocenters. The summed E-state index contributed by atoms with van der Waals surface area (Å²) in [6, 6.07) is 0. The van der Waals surface area contributed by atoms with Crippen LogP contribution < -0.4 is 5.32 Å². The molecular weight excluding hydrogens is 708 g/mol. The van der Waals surface area contributed by atoms with Crippen LogP contribution in [0.25, 0.3) is 0 Å². The Morgan fingerprint density at radius 3 is 2.00 bits per heavy atom.